The molecule has 0 saturated heterocycles. The van der Waals surface area contributed by atoms with Gasteiger partial charge in [-0.25, -0.2) is 4.57 Å². The van der Waals surface area contributed by atoms with Crippen LogP contribution in [0.15, 0.2) is 60.8 Å². The molecule has 0 rings (SSSR count). The molecule has 0 saturated carbocycles. The topological polar surface area (TPSA) is 134 Å². The zero-order chi connectivity index (χ0) is 38.9. The predicted octanol–water partition coefficient (Wildman–Crippen LogP) is 11.7. The summed E-state index contributed by atoms with van der Waals surface area (Å²) in [5.74, 6) is -0.903. The second-order valence-electron chi connectivity index (χ2n) is 13.5. The van der Waals surface area contributed by atoms with Gasteiger partial charge in [0, 0.05) is 19.4 Å². The van der Waals surface area contributed by atoms with E-state index in [9.17, 15) is 19.0 Å². The molecule has 2 atom stereocenters. The number of phosphoric acid groups is 1. The van der Waals surface area contributed by atoms with Gasteiger partial charge in [0.2, 0.25) is 0 Å². The maximum atomic E-state index is 12.5. The molecule has 0 radical (unpaired) electrons. The van der Waals surface area contributed by atoms with Gasteiger partial charge in [-0.15, -0.1) is 0 Å². The third-order valence-corrected chi connectivity index (χ3v) is 9.36. The smallest absolute Gasteiger partial charge is 0.462 e. The van der Waals surface area contributed by atoms with Crippen LogP contribution in [0.1, 0.15) is 168 Å². The van der Waals surface area contributed by atoms with E-state index in [1.165, 1.54) is 77.0 Å². The number of carbonyl (C=O) groups is 2. The molecule has 1 unspecified atom stereocenters. The van der Waals surface area contributed by atoms with E-state index in [1.807, 2.05) is 6.08 Å². The van der Waals surface area contributed by atoms with Gasteiger partial charge in [-0.05, 0) is 77.0 Å². The van der Waals surface area contributed by atoms with E-state index in [4.69, 9.17) is 24.3 Å². The standard InChI is InChI=1S/C43H76NO8P/c1-3-5-7-9-11-13-15-17-19-20-22-24-26-28-30-32-34-36-43(46)52-41(40-51-53(47,48)50-38-37-44)39-49-42(45)35-33-31-29-27-25-23-21-18-16-14-12-10-8-6-4-2/h11,13-14,16-17,19,22,24,28,30,41H,3-10,12,15,18,20-21,23,25-27,29,31-40,44H2,1-2H3,(H,47,48)/b13-11+,16-14+,19-17+,24-22+,30-28+/t41-/m1/s1. The maximum Gasteiger partial charge on any atom is 0.472 e. The van der Waals surface area contributed by atoms with Crippen molar-refractivity contribution in [1.82, 2.24) is 0 Å². The monoisotopic (exact) mass is 766 g/mol. The fourth-order valence-corrected chi connectivity index (χ4v) is 6.03. The minimum Gasteiger partial charge on any atom is -0.462 e. The Hall–Kier alpha value is -2.29. The third kappa shape index (κ3) is 39.2. The molecular formula is C43H76NO8P. The zero-order valence-electron chi connectivity index (χ0n) is 33.5. The second kappa shape index (κ2) is 39.4. The van der Waals surface area contributed by atoms with E-state index < -0.39 is 32.5 Å². The lowest BCUT2D eigenvalue weighted by atomic mass is 10.1. The largest absolute Gasteiger partial charge is 0.472 e. The van der Waals surface area contributed by atoms with Crippen molar-refractivity contribution in [2.45, 2.75) is 174 Å². The molecule has 0 aliphatic carbocycles. The van der Waals surface area contributed by atoms with Crippen molar-refractivity contribution in [2.75, 3.05) is 26.4 Å². The van der Waals surface area contributed by atoms with Gasteiger partial charge < -0.3 is 20.1 Å². The summed E-state index contributed by atoms with van der Waals surface area (Å²) in [6.45, 7) is 3.61. The number of carbonyl (C=O) groups excluding carboxylic acids is 2. The van der Waals surface area contributed by atoms with Crippen LogP contribution >= 0.6 is 7.82 Å². The molecule has 53 heavy (non-hydrogen) atoms. The lowest BCUT2D eigenvalue weighted by Gasteiger charge is -2.19. The highest BCUT2D eigenvalue weighted by Gasteiger charge is 2.25. The fourth-order valence-electron chi connectivity index (χ4n) is 5.27. The second-order valence-corrected chi connectivity index (χ2v) is 14.9. The van der Waals surface area contributed by atoms with Crippen molar-refractivity contribution in [3.8, 4) is 0 Å². The molecule has 9 nitrogen and oxygen atoms in total. The Balaban J connectivity index is 4.30. The molecule has 0 bridgehead atoms. The van der Waals surface area contributed by atoms with E-state index in [1.54, 1.807) is 0 Å². The number of hydrogen-bond acceptors (Lipinski definition) is 8. The molecule has 0 amide bonds. The highest BCUT2D eigenvalue weighted by atomic mass is 31.2. The molecule has 0 aliphatic rings. The van der Waals surface area contributed by atoms with Crippen molar-refractivity contribution in [3.05, 3.63) is 60.8 Å². The average molecular weight is 766 g/mol. The molecule has 0 fully saturated rings. The predicted molar refractivity (Wildman–Crippen MR) is 219 cm³/mol. The number of hydrogen-bond donors (Lipinski definition) is 2. The number of ether oxygens (including phenoxy) is 2. The van der Waals surface area contributed by atoms with Crippen LogP contribution in [0.5, 0.6) is 0 Å². The van der Waals surface area contributed by atoms with E-state index >= 15 is 0 Å². The molecule has 0 heterocycles. The third-order valence-electron chi connectivity index (χ3n) is 8.38. The first-order valence-corrected chi connectivity index (χ1v) is 22.3. The van der Waals surface area contributed by atoms with E-state index in [-0.39, 0.29) is 32.6 Å². The Labute approximate surface area is 323 Å². The molecular weight excluding hydrogens is 689 g/mol. The van der Waals surface area contributed by atoms with Gasteiger partial charge in [-0.3, -0.25) is 18.6 Å². The van der Waals surface area contributed by atoms with Gasteiger partial charge in [0.05, 0.1) is 13.2 Å². The van der Waals surface area contributed by atoms with Crippen LogP contribution < -0.4 is 5.73 Å². The van der Waals surface area contributed by atoms with Crippen molar-refractivity contribution >= 4 is 19.8 Å². The summed E-state index contributed by atoms with van der Waals surface area (Å²) >= 11 is 0. The van der Waals surface area contributed by atoms with Crippen LogP contribution in [-0.2, 0) is 32.7 Å². The number of nitrogens with two attached hydrogens (primary N) is 1. The Morgan fingerprint density at radius 2 is 1.00 bits per heavy atom. The summed E-state index contributed by atoms with van der Waals surface area (Å²) in [7, 11) is -4.39. The minimum atomic E-state index is -4.39. The number of esters is 2. The van der Waals surface area contributed by atoms with Gasteiger partial charge in [0.15, 0.2) is 6.10 Å². The van der Waals surface area contributed by atoms with Gasteiger partial charge in [-0.2, -0.15) is 0 Å². The number of allylic oxidation sites excluding steroid dienone is 10. The Morgan fingerprint density at radius 1 is 0.566 bits per heavy atom. The molecule has 0 spiro atoms. The first kappa shape index (κ1) is 50.7. The van der Waals surface area contributed by atoms with Crippen molar-refractivity contribution < 1.29 is 37.6 Å². The van der Waals surface area contributed by atoms with Gasteiger partial charge in [0.25, 0.3) is 0 Å². The molecule has 0 aromatic carbocycles. The van der Waals surface area contributed by atoms with Gasteiger partial charge in [0.1, 0.15) is 6.61 Å². The fraction of sp³-hybridized carbons (Fsp3) is 0.721. The molecule has 3 N–H and O–H groups in total. The summed E-state index contributed by atoms with van der Waals surface area (Å²) in [4.78, 5) is 34.8. The van der Waals surface area contributed by atoms with Crippen LogP contribution in [0.4, 0.5) is 0 Å². The van der Waals surface area contributed by atoms with Crippen LogP contribution in [0.3, 0.4) is 0 Å². The number of rotatable bonds is 38. The Kier molecular flexibility index (Phi) is 37.7. The Bertz CT molecular complexity index is 1050. The summed E-state index contributed by atoms with van der Waals surface area (Å²) in [5.41, 5.74) is 5.34. The summed E-state index contributed by atoms with van der Waals surface area (Å²) in [6.07, 6.45) is 45.4. The first-order chi connectivity index (χ1) is 25.8. The molecule has 10 heteroatoms. The number of phosphoric ester groups is 1. The lowest BCUT2D eigenvalue weighted by molar-refractivity contribution is -0.161. The van der Waals surface area contributed by atoms with Crippen molar-refractivity contribution in [3.63, 3.8) is 0 Å². The molecule has 0 aromatic rings. The van der Waals surface area contributed by atoms with E-state index in [2.05, 4.69) is 68.5 Å². The average Bonchev–Trinajstić information content (AvgIpc) is 3.14. The summed E-state index contributed by atoms with van der Waals surface area (Å²) in [5, 5.41) is 0. The Morgan fingerprint density at radius 3 is 1.57 bits per heavy atom. The highest BCUT2D eigenvalue weighted by Crippen LogP contribution is 2.43. The van der Waals surface area contributed by atoms with Crippen molar-refractivity contribution in [2.24, 2.45) is 5.73 Å². The minimum absolute atomic E-state index is 0.0419. The summed E-state index contributed by atoms with van der Waals surface area (Å²) < 4.78 is 32.7. The van der Waals surface area contributed by atoms with E-state index in [0.29, 0.717) is 12.8 Å². The number of unbranched alkanes of at least 4 members (excludes halogenated alkanes) is 15. The first-order valence-electron chi connectivity index (χ1n) is 20.8. The summed E-state index contributed by atoms with van der Waals surface area (Å²) in [6, 6.07) is 0. The lowest BCUT2D eigenvalue weighted by Crippen LogP contribution is -2.29. The van der Waals surface area contributed by atoms with Gasteiger partial charge >= 0.3 is 19.8 Å². The quantitative estimate of drug-likeness (QED) is 0.0272. The normalized spacial score (nSPS) is 14.0. The SMILES string of the molecule is CCCCC/C=C/C/C=C/C/C=C/C/C=C/CCCC(=O)O[C@H](COC(=O)CCCCCCCCC/C=C/CCCCCC)COP(=O)(O)OCCN. The molecule has 306 valence electrons. The molecule has 0 aromatic heterocycles. The maximum absolute atomic E-state index is 12.5. The highest BCUT2D eigenvalue weighted by molar-refractivity contribution is 7.47. The molecule has 0 aliphatic heterocycles. The zero-order valence-corrected chi connectivity index (χ0v) is 34.4. The van der Waals surface area contributed by atoms with E-state index in [0.717, 1.165) is 51.4 Å². The van der Waals surface area contributed by atoms with Crippen LogP contribution in [0.2, 0.25) is 0 Å². The van der Waals surface area contributed by atoms with Crippen molar-refractivity contribution in [1.29, 1.82) is 0 Å². The van der Waals surface area contributed by atoms with Gasteiger partial charge in [-0.1, -0.05) is 139 Å². The van der Waals surface area contributed by atoms with Crippen LogP contribution in [0.25, 0.3) is 0 Å². The van der Waals surface area contributed by atoms with Crippen LogP contribution in [-0.4, -0.2) is 49.3 Å². The van der Waals surface area contributed by atoms with Crippen LogP contribution in [0, 0.1) is 0 Å².